The van der Waals surface area contributed by atoms with E-state index in [-0.39, 0.29) is 111 Å². The molecule has 0 aliphatic rings. The van der Waals surface area contributed by atoms with Crippen molar-refractivity contribution >= 4 is 80.3 Å². The van der Waals surface area contributed by atoms with E-state index in [1.165, 1.54) is 28.8 Å². The molecule has 466 valence electrons. The first-order chi connectivity index (χ1) is 39.1. The molecule has 0 bridgehead atoms. The van der Waals surface area contributed by atoms with Gasteiger partial charge in [-0.2, -0.15) is 0 Å². The fraction of sp³-hybridized carbons (Fsp3) is 0.737. The Morgan fingerprint density at radius 2 is 1.07 bits per heavy atom. The van der Waals surface area contributed by atoms with Gasteiger partial charge in [0.15, 0.2) is 0 Å². The number of hydrogen-bond acceptors (Lipinski definition) is 18. The summed E-state index contributed by atoms with van der Waals surface area (Å²) in [6.07, 6.45) is 12.6. The van der Waals surface area contributed by atoms with Crippen molar-refractivity contribution < 1.29 is 47.9 Å². The molecule has 7 amide bonds. The lowest BCUT2D eigenvalue weighted by Crippen LogP contribution is -2.49. The molecule has 0 aromatic carbocycles. The molecule has 0 fully saturated rings. The Morgan fingerprint density at radius 1 is 0.561 bits per heavy atom. The standard InChI is InChI=1S/C57H101N13O10S2/c1-43(71)37-49(56(79)63-30-20-29-58-2)69(10)53(76)27-18-13-19-36-81-82-50-28-33-60-39-46(50)57(80)70(34-21-31-61-54(77)47(64-51(74)41-67(6)7)25-16-11-14-23-44(72)38-59-3)35-22-32-62-55(78)48(65-52(75)42-68(8)9)26-17-12-15-24-45(73)40-66(4)5/h28,33,39,47-49,58-59H,11-27,29-32,34-38,40-42H2,1-10H3,(H,61,77)(H,62,78)(H,63,79)(H,64,74)(H,65,75)/t47-,48-,49-/m0/s1. The van der Waals surface area contributed by atoms with Crippen molar-refractivity contribution in [1.29, 1.82) is 0 Å². The predicted octanol–water partition coefficient (Wildman–Crippen LogP) is 2.28. The van der Waals surface area contributed by atoms with Crippen molar-refractivity contribution in [3.05, 3.63) is 24.0 Å². The summed E-state index contributed by atoms with van der Waals surface area (Å²) in [6, 6.07) is -0.672. The van der Waals surface area contributed by atoms with Crippen molar-refractivity contribution in [2.24, 2.45) is 0 Å². The molecule has 23 nitrogen and oxygen atoms in total. The minimum absolute atomic E-state index is 0.0578. The monoisotopic (exact) mass is 1190 g/mol. The van der Waals surface area contributed by atoms with Crippen molar-refractivity contribution in [2.45, 2.75) is 146 Å². The van der Waals surface area contributed by atoms with Gasteiger partial charge in [0, 0.05) is 88.5 Å². The van der Waals surface area contributed by atoms with Crippen LogP contribution in [0.25, 0.3) is 0 Å². The molecule has 0 spiro atoms. The largest absolute Gasteiger partial charge is 0.354 e. The van der Waals surface area contributed by atoms with E-state index >= 15 is 0 Å². The molecule has 0 saturated carbocycles. The highest BCUT2D eigenvalue weighted by Gasteiger charge is 2.28. The number of nitrogens with zero attached hydrogens (tertiary/aromatic N) is 6. The van der Waals surface area contributed by atoms with Gasteiger partial charge in [-0.1, -0.05) is 53.7 Å². The molecule has 1 aromatic rings. The second-order valence-corrected chi connectivity index (χ2v) is 24.1. The lowest BCUT2D eigenvalue weighted by atomic mass is 10.0. The third-order valence-electron chi connectivity index (χ3n) is 12.9. The summed E-state index contributed by atoms with van der Waals surface area (Å²) < 4.78 is 0. The van der Waals surface area contributed by atoms with Crippen LogP contribution in [-0.4, -0.2) is 241 Å². The average molecular weight is 1190 g/mol. The zero-order chi connectivity index (χ0) is 61.2. The van der Waals surface area contributed by atoms with E-state index in [1.54, 1.807) is 80.0 Å². The topological polar surface area (TPSA) is 284 Å². The molecule has 0 radical (unpaired) electrons. The minimum Gasteiger partial charge on any atom is -0.354 e. The van der Waals surface area contributed by atoms with Gasteiger partial charge in [0.1, 0.15) is 35.5 Å². The van der Waals surface area contributed by atoms with Crippen LogP contribution in [0, 0.1) is 0 Å². The Morgan fingerprint density at radius 3 is 1.60 bits per heavy atom. The highest BCUT2D eigenvalue weighted by molar-refractivity contribution is 8.76. The number of hydrogen-bond donors (Lipinski definition) is 7. The second-order valence-electron chi connectivity index (χ2n) is 21.6. The first-order valence-corrected chi connectivity index (χ1v) is 31.4. The predicted molar refractivity (Wildman–Crippen MR) is 325 cm³/mol. The van der Waals surface area contributed by atoms with Crippen molar-refractivity contribution in [1.82, 2.24) is 66.7 Å². The molecule has 1 rings (SSSR count). The third-order valence-corrected chi connectivity index (χ3v) is 15.4. The molecule has 0 aliphatic carbocycles. The Hall–Kier alpha value is -5.05. The lowest BCUT2D eigenvalue weighted by Gasteiger charge is -2.27. The SMILES string of the molecule is CNCCCNC(=O)[C@H](CC(C)=O)N(C)C(=O)CCCCCSSc1ccncc1C(=O)N(CCCNC(=O)[C@H](CCCCCC(=O)CNC)NC(=O)CN(C)C)CCCNC(=O)[C@H](CCCCCC(=O)CN(C)C)NC(=O)CN(C)C. The summed E-state index contributed by atoms with van der Waals surface area (Å²) in [5, 5.41) is 20.4. The number of amides is 7. The van der Waals surface area contributed by atoms with E-state index in [2.05, 4.69) is 42.2 Å². The maximum absolute atomic E-state index is 14.5. The van der Waals surface area contributed by atoms with Gasteiger partial charge in [0.25, 0.3) is 5.91 Å². The first kappa shape index (κ1) is 75.0. The molecule has 0 saturated heterocycles. The lowest BCUT2D eigenvalue weighted by molar-refractivity contribution is -0.140. The summed E-state index contributed by atoms with van der Waals surface area (Å²) in [5.74, 6) is -1.32. The van der Waals surface area contributed by atoms with E-state index in [0.717, 1.165) is 38.0 Å². The number of nitrogens with one attached hydrogen (secondary N) is 7. The molecule has 1 heterocycles. The molecule has 0 aliphatic heterocycles. The maximum Gasteiger partial charge on any atom is 0.256 e. The van der Waals surface area contributed by atoms with Crippen LogP contribution in [0.5, 0.6) is 0 Å². The van der Waals surface area contributed by atoms with Crippen LogP contribution in [0.1, 0.15) is 133 Å². The quantitative estimate of drug-likeness (QED) is 0.0364. The number of aromatic nitrogens is 1. The van der Waals surface area contributed by atoms with Crippen LogP contribution in [0.3, 0.4) is 0 Å². The highest BCUT2D eigenvalue weighted by atomic mass is 33.1. The molecule has 1 aromatic heterocycles. The molecular formula is C57H101N13O10S2. The summed E-state index contributed by atoms with van der Waals surface area (Å²) in [6.45, 7) is 4.33. The number of pyridine rings is 1. The first-order valence-electron chi connectivity index (χ1n) is 29.1. The van der Waals surface area contributed by atoms with Gasteiger partial charge in [-0.25, -0.2) is 0 Å². The maximum atomic E-state index is 14.5. The van der Waals surface area contributed by atoms with Gasteiger partial charge < -0.3 is 61.7 Å². The summed E-state index contributed by atoms with van der Waals surface area (Å²) in [7, 11) is 18.9. The zero-order valence-electron chi connectivity index (χ0n) is 51.1. The number of likely N-dealkylation sites (N-methyl/N-ethyl adjacent to an activating group) is 5. The van der Waals surface area contributed by atoms with Gasteiger partial charge in [-0.3, -0.25) is 52.9 Å². The molecule has 3 atom stereocenters. The summed E-state index contributed by atoms with van der Waals surface area (Å²) >= 11 is 0. The van der Waals surface area contributed by atoms with Gasteiger partial charge in [-0.15, -0.1) is 0 Å². The summed E-state index contributed by atoms with van der Waals surface area (Å²) in [5.41, 5.74) is 0.385. The fourth-order valence-electron chi connectivity index (χ4n) is 8.66. The minimum atomic E-state index is -0.872. The number of unbranched alkanes of at least 4 members (excludes halogenated alkanes) is 6. The van der Waals surface area contributed by atoms with E-state index in [1.807, 2.05) is 26.0 Å². The van der Waals surface area contributed by atoms with Crippen molar-refractivity contribution in [3.63, 3.8) is 0 Å². The van der Waals surface area contributed by atoms with E-state index in [9.17, 15) is 47.9 Å². The highest BCUT2D eigenvalue weighted by Crippen LogP contribution is 2.34. The van der Waals surface area contributed by atoms with E-state index in [0.29, 0.717) is 107 Å². The molecule has 25 heteroatoms. The zero-order valence-corrected chi connectivity index (χ0v) is 52.7. The van der Waals surface area contributed by atoms with Gasteiger partial charge >= 0.3 is 0 Å². The Bertz CT molecular complexity index is 2100. The van der Waals surface area contributed by atoms with Crippen molar-refractivity contribution in [2.75, 3.05) is 135 Å². The molecule has 82 heavy (non-hydrogen) atoms. The number of ketones is 3. The Kier molecular flexibility index (Phi) is 41.5. The Labute approximate surface area is 497 Å². The number of carbonyl (C=O) groups excluding carboxylic acids is 10. The third kappa shape index (κ3) is 35.8. The smallest absolute Gasteiger partial charge is 0.256 e. The van der Waals surface area contributed by atoms with E-state index in [4.69, 9.17) is 0 Å². The van der Waals surface area contributed by atoms with Crippen LogP contribution in [-0.2, 0) is 43.2 Å². The molecular weight excluding hydrogens is 1090 g/mol. The molecule has 0 unspecified atom stereocenters. The normalized spacial score (nSPS) is 12.4. The average Bonchev–Trinajstić information content (AvgIpc) is 3.41. The van der Waals surface area contributed by atoms with E-state index < -0.39 is 18.1 Å². The van der Waals surface area contributed by atoms with Crippen LogP contribution in [0.4, 0.5) is 0 Å². The Balaban J connectivity index is 3.15. The van der Waals surface area contributed by atoms with Crippen LogP contribution < -0.4 is 37.2 Å². The fourth-order valence-corrected chi connectivity index (χ4v) is 11.0. The number of rotatable bonds is 49. The van der Waals surface area contributed by atoms with Crippen LogP contribution in [0.2, 0.25) is 0 Å². The van der Waals surface area contributed by atoms with Gasteiger partial charge in [0.05, 0.1) is 31.7 Å². The van der Waals surface area contributed by atoms with Gasteiger partial charge in [-0.05, 0) is 134 Å². The summed E-state index contributed by atoms with van der Waals surface area (Å²) in [4.78, 5) is 143. The number of carbonyl (C=O) groups is 10. The number of Topliss-reactive ketones (excluding diaryl/α,β-unsaturated/α-hetero) is 3. The van der Waals surface area contributed by atoms with Crippen molar-refractivity contribution in [3.8, 4) is 0 Å². The second kappa shape index (κ2) is 45.4. The van der Waals surface area contributed by atoms with Crippen LogP contribution in [0.15, 0.2) is 23.4 Å². The van der Waals surface area contributed by atoms with Gasteiger partial charge in [0.2, 0.25) is 35.4 Å². The van der Waals surface area contributed by atoms with Crippen LogP contribution >= 0.6 is 21.6 Å². The molecule has 7 N–H and O–H groups in total.